The molecular formula is C12H19NO2S. The molecule has 0 heterocycles. The minimum Gasteiger partial charge on any atom is -0.324 e. The summed E-state index contributed by atoms with van der Waals surface area (Å²) in [5.41, 5.74) is 7.56. The fraction of sp³-hybridized carbons (Fsp3) is 0.500. The van der Waals surface area contributed by atoms with Crippen molar-refractivity contribution in [3.63, 3.8) is 0 Å². The van der Waals surface area contributed by atoms with E-state index in [1.165, 1.54) is 0 Å². The van der Waals surface area contributed by atoms with Gasteiger partial charge in [0.25, 0.3) is 0 Å². The maximum atomic E-state index is 12.0. The van der Waals surface area contributed by atoms with Gasteiger partial charge < -0.3 is 5.73 Å². The van der Waals surface area contributed by atoms with Crippen molar-refractivity contribution in [1.29, 1.82) is 0 Å². The predicted molar refractivity (Wildman–Crippen MR) is 66.1 cm³/mol. The number of rotatable bonds is 4. The Hall–Kier alpha value is -0.870. The van der Waals surface area contributed by atoms with Gasteiger partial charge in [0.2, 0.25) is 0 Å². The molecule has 1 aromatic carbocycles. The van der Waals surface area contributed by atoms with Crippen LogP contribution in [-0.4, -0.2) is 14.2 Å². The topological polar surface area (TPSA) is 60.2 Å². The van der Waals surface area contributed by atoms with Crippen LogP contribution in [0.1, 0.15) is 37.4 Å². The molecule has 1 aromatic rings. The summed E-state index contributed by atoms with van der Waals surface area (Å²) < 4.78 is 24.0. The Morgan fingerprint density at radius 1 is 1.38 bits per heavy atom. The molecule has 4 heteroatoms. The highest BCUT2D eigenvalue weighted by Gasteiger charge is 2.19. The zero-order valence-electron chi connectivity index (χ0n) is 10.0. The van der Waals surface area contributed by atoms with Crippen molar-refractivity contribution in [3.05, 3.63) is 29.3 Å². The van der Waals surface area contributed by atoms with Crippen LogP contribution in [0.3, 0.4) is 0 Å². The van der Waals surface area contributed by atoms with Crippen LogP contribution in [0.5, 0.6) is 0 Å². The van der Waals surface area contributed by atoms with Crippen molar-refractivity contribution in [3.8, 4) is 0 Å². The molecule has 1 unspecified atom stereocenters. The third-order valence-electron chi connectivity index (χ3n) is 2.46. The van der Waals surface area contributed by atoms with Crippen molar-refractivity contribution in [1.82, 2.24) is 0 Å². The van der Waals surface area contributed by atoms with Gasteiger partial charge in [-0.05, 0) is 31.9 Å². The van der Waals surface area contributed by atoms with E-state index < -0.39 is 9.84 Å². The number of nitrogens with two attached hydrogens (primary N) is 1. The highest BCUT2D eigenvalue weighted by Crippen LogP contribution is 2.23. The van der Waals surface area contributed by atoms with E-state index in [-0.39, 0.29) is 11.8 Å². The molecule has 0 bridgehead atoms. The van der Waals surface area contributed by atoms with Crippen molar-refractivity contribution in [2.24, 2.45) is 5.73 Å². The van der Waals surface area contributed by atoms with Crippen LogP contribution < -0.4 is 5.73 Å². The predicted octanol–water partition coefficient (Wildman–Crippen LogP) is 2.20. The number of sulfone groups is 1. The highest BCUT2D eigenvalue weighted by molar-refractivity contribution is 7.91. The van der Waals surface area contributed by atoms with Crippen LogP contribution >= 0.6 is 0 Å². The van der Waals surface area contributed by atoms with Crippen LogP contribution in [0, 0.1) is 6.92 Å². The summed E-state index contributed by atoms with van der Waals surface area (Å²) in [6.07, 6.45) is 0.620. The van der Waals surface area contributed by atoms with E-state index in [0.29, 0.717) is 16.9 Å². The summed E-state index contributed by atoms with van der Waals surface area (Å²) in [4.78, 5) is 0.384. The second kappa shape index (κ2) is 4.97. The van der Waals surface area contributed by atoms with Crippen LogP contribution in [-0.2, 0) is 9.84 Å². The maximum Gasteiger partial charge on any atom is 0.178 e. The van der Waals surface area contributed by atoms with Gasteiger partial charge in [0, 0.05) is 6.04 Å². The molecule has 0 aliphatic carbocycles. The summed E-state index contributed by atoms with van der Waals surface area (Å²) in [7, 11) is -3.18. The smallest absolute Gasteiger partial charge is 0.178 e. The average molecular weight is 241 g/mol. The van der Waals surface area contributed by atoms with Crippen molar-refractivity contribution < 1.29 is 8.42 Å². The van der Waals surface area contributed by atoms with Crippen molar-refractivity contribution in [2.75, 3.05) is 5.75 Å². The summed E-state index contributed by atoms with van der Waals surface area (Å²) in [5.74, 6) is 0.176. The molecule has 0 aliphatic heterocycles. The lowest BCUT2D eigenvalue weighted by atomic mass is 10.1. The summed E-state index contributed by atoms with van der Waals surface area (Å²) in [5, 5.41) is 0. The van der Waals surface area contributed by atoms with E-state index in [1.807, 2.05) is 26.0 Å². The Bertz CT molecular complexity index is 464. The number of hydrogen-bond donors (Lipinski definition) is 1. The fourth-order valence-corrected chi connectivity index (χ4v) is 3.32. The van der Waals surface area contributed by atoms with E-state index in [9.17, 15) is 8.42 Å². The molecule has 0 radical (unpaired) electrons. The molecule has 0 saturated heterocycles. The molecule has 0 amide bonds. The zero-order valence-corrected chi connectivity index (χ0v) is 10.8. The maximum absolute atomic E-state index is 12.0. The van der Waals surface area contributed by atoms with Gasteiger partial charge in [0.05, 0.1) is 10.6 Å². The van der Waals surface area contributed by atoms with Gasteiger partial charge in [-0.25, -0.2) is 8.42 Å². The lowest BCUT2D eigenvalue weighted by Gasteiger charge is -2.13. The van der Waals surface area contributed by atoms with Gasteiger partial charge in [-0.15, -0.1) is 0 Å². The Labute approximate surface area is 97.6 Å². The molecule has 3 nitrogen and oxygen atoms in total. The zero-order chi connectivity index (χ0) is 12.3. The van der Waals surface area contributed by atoms with Crippen molar-refractivity contribution in [2.45, 2.75) is 38.1 Å². The second-order valence-electron chi connectivity index (χ2n) is 4.15. The first-order chi connectivity index (χ1) is 7.38. The molecule has 1 atom stereocenters. The minimum absolute atomic E-state index is 0.176. The van der Waals surface area contributed by atoms with Gasteiger partial charge in [0.1, 0.15) is 0 Å². The Morgan fingerprint density at radius 3 is 2.50 bits per heavy atom. The molecule has 90 valence electrons. The van der Waals surface area contributed by atoms with Gasteiger partial charge >= 0.3 is 0 Å². The van der Waals surface area contributed by atoms with E-state index >= 15 is 0 Å². The van der Waals surface area contributed by atoms with Gasteiger partial charge in [-0.1, -0.05) is 24.6 Å². The van der Waals surface area contributed by atoms with Gasteiger partial charge in [-0.3, -0.25) is 0 Å². The largest absolute Gasteiger partial charge is 0.324 e. The van der Waals surface area contributed by atoms with Gasteiger partial charge in [0.15, 0.2) is 9.84 Å². The molecule has 0 aromatic heterocycles. The molecule has 16 heavy (non-hydrogen) atoms. The van der Waals surface area contributed by atoms with Crippen LogP contribution in [0.2, 0.25) is 0 Å². The molecule has 2 N–H and O–H groups in total. The monoisotopic (exact) mass is 241 g/mol. The molecule has 1 rings (SSSR count). The van der Waals surface area contributed by atoms with E-state index in [2.05, 4.69) is 0 Å². The molecule has 0 spiro atoms. The summed E-state index contributed by atoms with van der Waals surface area (Å²) in [6.45, 7) is 5.60. The Balaban J connectivity index is 3.34. The summed E-state index contributed by atoms with van der Waals surface area (Å²) >= 11 is 0. The minimum atomic E-state index is -3.18. The van der Waals surface area contributed by atoms with Crippen LogP contribution in [0.15, 0.2) is 23.1 Å². The van der Waals surface area contributed by atoms with Crippen LogP contribution in [0.4, 0.5) is 0 Å². The third kappa shape index (κ3) is 2.83. The third-order valence-corrected chi connectivity index (χ3v) is 4.45. The molecular weight excluding hydrogens is 222 g/mol. The fourth-order valence-electron chi connectivity index (χ4n) is 1.69. The Morgan fingerprint density at radius 2 is 2.00 bits per heavy atom. The normalized spacial score (nSPS) is 13.8. The van der Waals surface area contributed by atoms with E-state index in [0.717, 1.165) is 5.56 Å². The number of benzene rings is 1. The first-order valence-electron chi connectivity index (χ1n) is 5.47. The first kappa shape index (κ1) is 13.2. The van der Waals surface area contributed by atoms with Gasteiger partial charge in [-0.2, -0.15) is 0 Å². The molecule has 0 saturated carbocycles. The molecule has 0 fully saturated rings. The first-order valence-corrected chi connectivity index (χ1v) is 7.12. The average Bonchev–Trinajstić information content (AvgIpc) is 2.16. The van der Waals surface area contributed by atoms with E-state index in [1.54, 1.807) is 13.0 Å². The number of hydrogen-bond acceptors (Lipinski definition) is 3. The standard InChI is InChI=1S/C12H19NO2S/c1-4-7-16(14,15)12-6-5-9(2)8-11(12)10(3)13/h5-6,8,10H,4,7,13H2,1-3H3. The van der Waals surface area contributed by atoms with Crippen LogP contribution in [0.25, 0.3) is 0 Å². The molecule has 0 aliphatic rings. The SMILES string of the molecule is CCCS(=O)(=O)c1ccc(C)cc1C(C)N. The lowest BCUT2D eigenvalue weighted by molar-refractivity contribution is 0.592. The summed E-state index contributed by atoms with van der Waals surface area (Å²) in [6, 6.07) is 5.07. The second-order valence-corrected chi connectivity index (χ2v) is 6.23. The quantitative estimate of drug-likeness (QED) is 0.879. The number of aryl methyl sites for hydroxylation is 1. The van der Waals surface area contributed by atoms with Crippen molar-refractivity contribution >= 4 is 9.84 Å². The van der Waals surface area contributed by atoms with E-state index in [4.69, 9.17) is 5.73 Å². The lowest BCUT2D eigenvalue weighted by Crippen LogP contribution is -2.14. The Kier molecular flexibility index (Phi) is 4.10. The highest BCUT2D eigenvalue weighted by atomic mass is 32.2.